The van der Waals surface area contributed by atoms with Crippen LogP contribution in [0.4, 0.5) is 0 Å². The molecule has 2 aromatic carbocycles. The molecule has 6 nitrogen and oxygen atoms in total. The normalized spacial score (nSPS) is 17.4. The van der Waals surface area contributed by atoms with E-state index >= 15 is 0 Å². The highest BCUT2D eigenvalue weighted by Crippen LogP contribution is 2.09. The van der Waals surface area contributed by atoms with Crippen LogP contribution in [0.5, 0.6) is 0 Å². The molecule has 0 atom stereocenters. The van der Waals surface area contributed by atoms with Gasteiger partial charge in [0.05, 0.1) is 0 Å². The van der Waals surface area contributed by atoms with Crippen LogP contribution in [0.1, 0.15) is 11.1 Å². The number of rotatable bonds is 4. The molecule has 2 saturated heterocycles. The highest BCUT2D eigenvalue weighted by molar-refractivity contribution is 7.80. The SMILES string of the molecule is NC(=S)N1CCN(Cc2ccccc2)CC1.NC(=S)N1CCN(Cc2ccccc2)CC1. The van der Waals surface area contributed by atoms with Crippen LogP contribution < -0.4 is 11.5 Å². The summed E-state index contributed by atoms with van der Waals surface area (Å²) in [4.78, 5) is 9.00. The molecule has 8 heteroatoms. The van der Waals surface area contributed by atoms with Crippen molar-refractivity contribution in [2.24, 2.45) is 11.5 Å². The number of piperazine rings is 2. The largest absolute Gasteiger partial charge is 0.376 e. The van der Waals surface area contributed by atoms with Gasteiger partial charge in [-0.1, -0.05) is 60.7 Å². The van der Waals surface area contributed by atoms with Crippen molar-refractivity contribution in [1.29, 1.82) is 0 Å². The van der Waals surface area contributed by atoms with E-state index in [0.717, 1.165) is 65.4 Å². The average molecular weight is 471 g/mol. The molecule has 2 heterocycles. The number of thiocarbonyl (C=S) groups is 2. The van der Waals surface area contributed by atoms with E-state index in [1.165, 1.54) is 11.1 Å². The van der Waals surface area contributed by atoms with Gasteiger partial charge in [0.1, 0.15) is 0 Å². The standard InChI is InChI=1S/2C12H17N3S/c2*13-12(16)15-8-6-14(7-9-15)10-11-4-2-1-3-5-11/h2*1-5H,6-10H2,(H2,13,16). The fourth-order valence-corrected chi connectivity index (χ4v) is 4.30. The van der Waals surface area contributed by atoms with E-state index < -0.39 is 0 Å². The van der Waals surface area contributed by atoms with E-state index in [9.17, 15) is 0 Å². The molecule has 0 bridgehead atoms. The van der Waals surface area contributed by atoms with Crippen LogP contribution >= 0.6 is 24.4 Å². The molecular weight excluding hydrogens is 436 g/mol. The lowest BCUT2D eigenvalue weighted by molar-refractivity contribution is 0.176. The lowest BCUT2D eigenvalue weighted by Gasteiger charge is -2.35. The minimum atomic E-state index is 0.527. The molecule has 0 saturated carbocycles. The Bertz CT molecular complexity index is 761. The van der Waals surface area contributed by atoms with Gasteiger partial charge >= 0.3 is 0 Å². The predicted octanol–water partition coefficient (Wildman–Crippen LogP) is 2.10. The van der Waals surface area contributed by atoms with Gasteiger partial charge in [-0.25, -0.2) is 0 Å². The molecule has 2 fully saturated rings. The second kappa shape index (κ2) is 12.7. The van der Waals surface area contributed by atoms with E-state index in [1.807, 2.05) is 12.1 Å². The van der Waals surface area contributed by atoms with Crippen molar-refractivity contribution < 1.29 is 0 Å². The van der Waals surface area contributed by atoms with Crippen molar-refractivity contribution >= 4 is 34.7 Å². The zero-order valence-corrected chi connectivity index (χ0v) is 20.2. The molecule has 0 amide bonds. The minimum Gasteiger partial charge on any atom is -0.376 e. The summed E-state index contributed by atoms with van der Waals surface area (Å²) < 4.78 is 0. The second-order valence-corrected chi connectivity index (χ2v) is 9.01. The fraction of sp³-hybridized carbons (Fsp3) is 0.417. The van der Waals surface area contributed by atoms with E-state index in [4.69, 9.17) is 35.9 Å². The molecular formula is C24H34N6S2. The monoisotopic (exact) mass is 470 g/mol. The van der Waals surface area contributed by atoms with Crippen molar-refractivity contribution in [3.63, 3.8) is 0 Å². The molecule has 4 N–H and O–H groups in total. The summed E-state index contributed by atoms with van der Waals surface area (Å²) >= 11 is 9.94. The van der Waals surface area contributed by atoms with Gasteiger partial charge in [-0.15, -0.1) is 0 Å². The summed E-state index contributed by atoms with van der Waals surface area (Å²) in [6.07, 6.45) is 0. The van der Waals surface area contributed by atoms with Gasteiger partial charge in [-0.3, -0.25) is 9.80 Å². The number of benzene rings is 2. The lowest BCUT2D eigenvalue weighted by Crippen LogP contribution is -2.49. The topological polar surface area (TPSA) is 65.0 Å². The lowest BCUT2D eigenvalue weighted by atomic mass is 10.2. The summed E-state index contributed by atoms with van der Waals surface area (Å²) in [6, 6.07) is 21.1. The van der Waals surface area contributed by atoms with Crippen LogP contribution in [0, 0.1) is 0 Å². The predicted molar refractivity (Wildman–Crippen MR) is 140 cm³/mol. The molecule has 0 spiro atoms. The van der Waals surface area contributed by atoms with Crippen LogP contribution in [0.3, 0.4) is 0 Å². The maximum Gasteiger partial charge on any atom is 0.166 e. The van der Waals surface area contributed by atoms with Gasteiger partial charge in [0, 0.05) is 65.4 Å². The Morgan fingerprint density at radius 2 is 0.875 bits per heavy atom. The molecule has 0 radical (unpaired) electrons. The Balaban J connectivity index is 0.000000181. The van der Waals surface area contributed by atoms with Crippen molar-refractivity contribution in [2.75, 3.05) is 52.4 Å². The third-order valence-corrected chi connectivity index (χ3v) is 6.38. The Morgan fingerprint density at radius 3 is 1.16 bits per heavy atom. The first kappa shape index (κ1) is 24.4. The van der Waals surface area contributed by atoms with Gasteiger partial charge < -0.3 is 21.3 Å². The quantitative estimate of drug-likeness (QED) is 0.659. The van der Waals surface area contributed by atoms with Crippen LogP contribution in [0.2, 0.25) is 0 Å². The first-order valence-corrected chi connectivity index (χ1v) is 11.9. The Morgan fingerprint density at radius 1 is 0.562 bits per heavy atom. The average Bonchev–Trinajstić information content (AvgIpc) is 2.82. The molecule has 0 aliphatic carbocycles. The molecule has 0 unspecified atom stereocenters. The molecule has 2 aliphatic rings. The molecule has 0 aromatic heterocycles. The number of hydrogen-bond donors (Lipinski definition) is 2. The number of nitrogens with zero attached hydrogens (tertiary/aromatic N) is 4. The number of hydrogen-bond acceptors (Lipinski definition) is 4. The first-order valence-electron chi connectivity index (χ1n) is 11.1. The fourth-order valence-electron chi connectivity index (χ4n) is 3.94. The highest BCUT2D eigenvalue weighted by Gasteiger charge is 2.18. The van der Waals surface area contributed by atoms with Gasteiger partial charge in [0.2, 0.25) is 0 Å². The van der Waals surface area contributed by atoms with Crippen molar-refractivity contribution in [3.8, 4) is 0 Å². The Hall–Kier alpha value is -2.26. The first-order chi connectivity index (χ1) is 15.5. The van der Waals surface area contributed by atoms with Gasteiger partial charge in [-0.05, 0) is 35.6 Å². The van der Waals surface area contributed by atoms with Gasteiger partial charge in [0.25, 0.3) is 0 Å². The van der Waals surface area contributed by atoms with Gasteiger partial charge in [0.15, 0.2) is 10.2 Å². The Labute approximate surface area is 202 Å². The minimum absolute atomic E-state index is 0.527. The summed E-state index contributed by atoms with van der Waals surface area (Å²) in [6.45, 7) is 9.96. The molecule has 2 aliphatic heterocycles. The Kier molecular flexibility index (Phi) is 9.67. The van der Waals surface area contributed by atoms with E-state index in [1.54, 1.807) is 0 Å². The number of nitrogens with two attached hydrogens (primary N) is 2. The second-order valence-electron chi connectivity index (χ2n) is 8.17. The smallest absolute Gasteiger partial charge is 0.166 e. The van der Waals surface area contributed by atoms with Crippen LogP contribution in [-0.4, -0.2) is 82.2 Å². The third-order valence-electron chi connectivity index (χ3n) is 5.87. The molecule has 172 valence electrons. The van der Waals surface area contributed by atoms with Crippen molar-refractivity contribution in [1.82, 2.24) is 19.6 Å². The summed E-state index contributed by atoms with van der Waals surface area (Å²) in [5, 5.41) is 1.05. The zero-order chi connectivity index (χ0) is 22.8. The maximum absolute atomic E-state index is 5.60. The zero-order valence-electron chi connectivity index (χ0n) is 18.6. The van der Waals surface area contributed by atoms with E-state index in [2.05, 4.69) is 68.1 Å². The summed E-state index contributed by atoms with van der Waals surface area (Å²) in [5.74, 6) is 0. The summed E-state index contributed by atoms with van der Waals surface area (Å²) in [7, 11) is 0. The van der Waals surface area contributed by atoms with Crippen molar-refractivity contribution in [2.45, 2.75) is 13.1 Å². The molecule has 2 aromatic rings. The third kappa shape index (κ3) is 8.02. The molecule has 32 heavy (non-hydrogen) atoms. The van der Waals surface area contributed by atoms with E-state index in [-0.39, 0.29) is 0 Å². The maximum atomic E-state index is 5.60. The van der Waals surface area contributed by atoms with Crippen LogP contribution in [0.15, 0.2) is 60.7 Å². The highest BCUT2D eigenvalue weighted by atomic mass is 32.1. The molecule has 4 rings (SSSR count). The van der Waals surface area contributed by atoms with Gasteiger partial charge in [-0.2, -0.15) is 0 Å². The van der Waals surface area contributed by atoms with Crippen LogP contribution in [0.25, 0.3) is 0 Å². The summed E-state index contributed by atoms with van der Waals surface area (Å²) in [5.41, 5.74) is 13.9. The van der Waals surface area contributed by atoms with Crippen LogP contribution in [-0.2, 0) is 13.1 Å². The van der Waals surface area contributed by atoms with Crippen molar-refractivity contribution in [3.05, 3.63) is 71.8 Å². The van der Waals surface area contributed by atoms with E-state index in [0.29, 0.717) is 10.2 Å².